The molecule has 94 valence electrons. The van der Waals surface area contributed by atoms with Gasteiger partial charge in [-0.3, -0.25) is 0 Å². The highest BCUT2D eigenvalue weighted by Gasteiger charge is 2.43. The summed E-state index contributed by atoms with van der Waals surface area (Å²) in [6, 6.07) is 2.34. The molecule has 0 spiro atoms. The molecule has 1 heterocycles. The molecule has 1 saturated carbocycles. The second kappa shape index (κ2) is 4.21. The molecule has 2 fully saturated rings. The van der Waals surface area contributed by atoms with Gasteiger partial charge in [-0.05, 0) is 45.4 Å². The van der Waals surface area contributed by atoms with Gasteiger partial charge in [-0.1, -0.05) is 0 Å². The molecular weight excluding hydrogens is 216 g/mol. The molecule has 4 nitrogen and oxygen atoms in total. The minimum Gasteiger partial charge on any atom is -0.444 e. The zero-order valence-corrected chi connectivity index (χ0v) is 10.8. The molecule has 1 aliphatic carbocycles. The first-order valence-electron chi connectivity index (χ1n) is 6.26. The molecule has 0 radical (unpaired) electrons. The Morgan fingerprint density at radius 3 is 2.24 bits per heavy atom. The molecule has 2 atom stereocenters. The van der Waals surface area contributed by atoms with E-state index in [9.17, 15) is 4.79 Å². The van der Waals surface area contributed by atoms with Crippen LogP contribution in [-0.4, -0.2) is 29.7 Å². The van der Waals surface area contributed by atoms with Crippen molar-refractivity contribution < 1.29 is 9.53 Å². The van der Waals surface area contributed by atoms with Gasteiger partial charge in [-0.15, -0.1) is 0 Å². The third-order valence-electron chi connectivity index (χ3n) is 3.59. The Morgan fingerprint density at radius 1 is 1.29 bits per heavy atom. The smallest absolute Gasteiger partial charge is 0.410 e. The third kappa shape index (κ3) is 2.71. The second-order valence-electron chi connectivity index (χ2n) is 6.20. The van der Waals surface area contributed by atoms with Crippen LogP contribution in [0.2, 0.25) is 0 Å². The lowest BCUT2D eigenvalue weighted by atomic mass is 10.0. The molecule has 0 unspecified atom stereocenters. The molecule has 2 rings (SSSR count). The Labute approximate surface area is 103 Å². The molecule has 0 aromatic heterocycles. The summed E-state index contributed by atoms with van der Waals surface area (Å²) >= 11 is 0. The molecule has 0 aromatic carbocycles. The topological polar surface area (TPSA) is 53.3 Å². The van der Waals surface area contributed by atoms with Gasteiger partial charge in [0.1, 0.15) is 5.60 Å². The number of fused-ring (bicyclic) bond motifs is 1. The molecule has 0 aromatic rings. The number of ether oxygens (including phenoxy) is 1. The fourth-order valence-electron chi connectivity index (χ4n) is 2.88. The average molecular weight is 236 g/mol. The van der Waals surface area contributed by atoms with Crippen molar-refractivity contribution in [2.75, 3.05) is 13.1 Å². The number of amides is 1. The van der Waals surface area contributed by atoms with E-state index in [0.717, 1.165) is 25.9 Å². The highest BCUT2D eigenvalue weighted by atomic mass is 16.6. The summed E-state index contributed by atoms with van der Waals surface area (Å²) in [5, 5.41) is 8.89. The summed E-state index contributed by atoms with van der Waals surface area (Å²) in [5.74, 6) is 1.21. The molecule has 2 aliphatic rings. The first kappa shape index (κ1) is 12.2. The molecular formula is C13H20N2O2. The van der Waals surface area contributed by atoms with Gasteiger partial charge in [0.2, 0.25) is 0 Å². The predicted octanol–water partition coefficient (Wildman–Crippen LogP) is 2.40. The van der Waals surface area contributed by atoms with Crippen molar-refractivity contribution in [2.24, 2.45) is 17.8 Å². The Morgan fingerprint density at radius 2 is 1.82 bits per heavy atom. The standard InChI is InChI=1S/C13H20N2O2/c1-13(2,3)17-12(16)15-7-10-4-9(6-14)5-11(10)8-15/h9-11H,4-5,7-8H2,1-3H3/t10-,11-/m1/s1. The van der Waals surface area contributed by atoms with E-state index in [1.807, 2.05) is 20.8 Å². The zero-order chi connectivity index (χ0) is 12.6. The molecule has 1 aliphatic heterocycles. The fraction of sp³-hybridized carbons (Fsp3) is 0.846. The van der Waals surface area contributed by atoms with E-state index in [1.165, 1.54) is 0 Å². The van der Waals surface area contributed by atoms with E-state index in [2.05, 4.69) is 6.07 Å². The van der Waals surface area contributed by atoms with Gasteiger partial charge in [0.05, 0.1) is 6.07 Å². The van der Waals surface area contributed by atoms with E-state index in [1.54, 1.807) is 4.90 Å². The molecule has 0 N–H and O–H groups in total. The molecule has 4 heteroatoms. The zero-order valence-electron chi connectivity index (χ0n) is 10.8. The van der Waals surface area contributed by atoms with Crippen molar-refractivity contribution in [1.82, 2.24) is 4.90 Å². The molecule has 0 bridgehead atoms. The maximum Gasteiger partial charge on any atom is 0.410 e. The van der Waals surface area contributed by atoms with Crippen LogP contribution >= 0.6 is 0 Å². The summed E-state index contributed by atoms with van der Waals surface area (Å²) in [6.07, 6.45) is 1.68. The van der Waals surface area contributed by atoms with Crippen LogP contribution in [0.15, 0.2) is 0 Å². The highest BCUT2D eigenvalue weighted by molar-refractivity contribution is 5.68. The minimum absolute atomic E-state index is 0.200. The SMILES string of the molecule is CC(C)(C)OC(=O)N1C[C@H]2CC(C#N)C[C@@H]2C1. The van der Waals surface area contributed by atoms with Crippen LogP contribution in [-0.2, 0) is 4.74 Å². The maximum absolute atomic E-state index is 11.9. The number of hydrogen-bond donors (Lipinski definition) is 0. The second-order valence-corrected chi connectivity index (χ2v) is 6.20. The van der Waals surface area contributed by atoms with Crippen molar-refractivity contribution in [2.45, 2.75) is 39.2 Å². The van der Waals surface area contributed by atoms with E-state index < -0.39 is 5.60 Å². The van der Waals surface area contributed by atoms with Gasteiger partial charge in [-0.2, -0.15) is 5.26 Å². The number of nitriles is 1. The van der Waals surface area contributed by atoms with Crippen molar-refractivity contribution in [3.63, 3.8) is 0 Å². The Balaban J connectivity index is 1.89. The average Bonchev–Trinajstić information content (AvgIpc) is 2.70. The maximum atomic E-state index is 11.9. The lowest BCUT2D eigenvalue weighted by Gasteiger charge is -2.25. The molecule has 17 heavy (non-hydrogen) atoms. The summed E-state index contributed by atoms with van der Waals surface area (Å²) in [7, 11) is 0. The Hall–Kier alpha value is -1.24. The van der Waals surface area contributed by atoms with E-state index in [-0.39, 0.29) is 12.0 Å². The van der Waals surface area contributed by atoms with Crippen molar-refractivity contribution in [1.29, 1.82) is 5.26 Å². The van der Waals surface area contributed by atoms with Crippen molar-refractivity contribution >= 4 is 6.09 Å². The largest absolute Gasteiger partial charge is 0.444 e. The van der Waals surface area contributed by atoms with Crippen LogP contribution in [0.1, 0.15) is 33.6 Å². The Kier molecular flexibility index (Phi) is 3.03. The van der Waals surface area contributed by atoms with Gasteiger partial charge in [0.15, 0.2) is 0 Å². The Bertz CT molecular complexity index is 339. The van der Waals surface area contributed by atoms with Gasteiger partial charge < -0.3 is 9.64 Å². The van der Waals surface area contributed by atoms with Crippen LogP contribution in [0.4, 0.5) is 4.79 Å². The predicted molar refractivity (Wildman–Crippen MR) is 63.1 cm³/mol. The first-order chi connectivity index (χ1) is 7.89. The van der Waals surface area contributed by atoms with Crippen LogP contribution in [0.5, 0.6) is 0 Å². The summed E-state index contributed by atoms with van der Waals surface area (Å²) in [4.78, 5) is 13.7. The van der Waals surface area contributed by atoms with Gasteiger partial charge in [0, 0.05) is 19.0 Å². The van der Waals surface area contributed by atoms with E-state index in [0.29, 0.717) is 11.8 Å². The van der Waals surface area contributed by atoms with Crippen LogP contribution in [0.25, 0.3) is 0 Å². The summed E-state index contributed by atoms with van der Waals surface area (Å²) in [5.41, 5.74) is -0.427. The van der Waals surface area contributed by atoms with E-state index in [4.69, 9.17) is 10.00 Å². The number of rotatable bonds is 0. The van der Waals surface area contributed by atoms with Gasteiger partial charge in [0.25, 0.3) is 0 Å². The van der Waals surface area contributed by atoms with Crippen LogP contribution < -0.4 is 0 Å². The number of carbonyl (C=O) groups excluding carboxylic acids is 1. The minimum atomic E-state index is -0.427. The lowest BCUT2D eigenvalue weighted by molar-refractivity contribution is 0.0279. The number of nitrogens with zero attached hydrogens (tertiary/aromatic N) is 2. The molecule has 1 amide bonds. The van der Waals surface area contributed by atoms with Gasteiger partial charge >= 0.3 is 6.09 Å². The number of likely N-dealkylation sites (tertiary alicyclic amines) is 1. The van der Waals surface area contributed by atoms with Crippen LogP contribution in [0, 0.1) is 29.1 Å². The highest BCUT2D eigenvalue weighted by Crippen LogP contribution is 2.41. The quantitative estimate of drug-likeness (QED) is 0.649. The number of hydrogen-bond acceptors (Lipinski definition) is 3. The summed E-state index contributed by atoms with van der Waals surface area (Å²) < 4.78 is 5.36. The summed E-state index contributed by atoms with van der Waals surface area (Å²) in [6.45, 7) is 7.17. The third-order valence-corrected chi connectivity index (χ3v) is 3.59. The lowest BCUT2D eigenvalue weighted by Crippen LogP contribution is -2.36. The van der Waals surface area contributed by atoms with Crippen molar-refractivity contribution in [3.05, 3.63) is 0 Å². The normalized spacial score (nSPS) is 28.9. The first-order valence-corrected chi connectivity index (χ1v) is 6.26. The van der Waals surface area contributed by atoms with E-state index >= 15 is 0 Å². The van der Waals surface area contributed by atoms with Crippen molar-refractivity contribution in [3.8, 4) is 6.07 Å². The number of carbonyl (C=O) groups is 1. The molecule has 1 saturated heterocycles. The van der Waals surface area contributed by atoms with Gasteiger partial charge in [-0.25, -0.2) is 4.79 Å². The van der Waals surface area contributed by atoms with Crippen LogP contribution in [0.3, 0.4) is 0 Å². The monoisotopic (exact) mass is 236 g/mol. The fourth-order valence-corrected chi connectivity index (χ4v) is 2.88.